The zero-order valence-electron chi connectivity index (χ0n) is 11.9. The van der Waals surface area contributed by atoms with Gasteiger partial charge >= 0.3 is 12.0 Å². The minimum absolute atomic E-state index is 0.0753. The summed E-state index contributed by atoms with van der Waals surface area (Å²) in [7, 11) is 1.47. The average Bonchev–Trinajstić information content (AvgIpc) is 3.10. The molecule has 0 aromatic carbocycles. The molecular formula is C13H18N4O4. The largest absolute Gasteiger partial charge is 0.477 e. The van der Waals surface area contributed by atoms with Crippen molar-refractivity contribution in [1.82, 2.24) is 15.2 Å². The number of hydrogen-bond acceptors (Lipinski definition) is 3. The normalized spacial score (nSPS) is 13.6. The van der Waals surface area contributed by atoms with E-state index in [9.17, 15) is 14.4 Å². The first-order chi connectivity index (χ1) is 9.86. The molecule has 3 amide bonds. The number of rotatable bonds is 5. The van der Waals surface area contributed by atoms with Crippen LogP contribution in [0.15, 0.2) is 6.07 Å². The van der Waals surface area contributed by atoms with Crippen LogP contribution in [0.25, 0.3) is 0 Å². The number of aromatic nitrogens is 1. The lowest BCUT2D eigenvalue weighted by Gasteiger charge is -2.17. The van der Waals surface area contributed by atoms with Gasteiger partial charge in [0, 0.05) is 18.8 Å². The van der Waals surface area contributed by atoms with Crippen molar-refractivity contribution < 1.29 is 19.5 Å². The van der Waals surface area contributed by atoms with Gasteiger partial charge in [-0.05, 0) is 25.8 Å². The highest BCUT2D eigenvalue weighted by Crippen LogP contribution is 2.19. The molecule has 0 atom stereocenters. The molecule has 8 nitrogen and oxygen atoms in total. The zero-order valence-corrected chi connectivity index (χ0v) is 11.9. The smallest absolute Gasteiger partial charge is 0.354 e. The Morgan fingerprint density at radius 2 is 2.10 bits per heavy atom. The molecule has 21 heavy (non-hydrogen) atoms. The van der Waals surface area contributed by atoms with Crippen molar-refractivity contribution in [1.29, 1.82) is 0 Å². The Bertz CT molecular complexity index is 577. The Kier molecular flexibility index (Phi) is 4.15. The van der Waals surface area contributed by atoms with Gasteiger partial charge in [0.05, 0.1) is 5.69 Å². The highest BCUT2D eigenvalue weighted by atomic mass is 16.4. The van der Waals surface area contributed by atoms with Crippen LogP contribution in [0.5, 0.6) is 0 Å². The van der Waals surface area contributed by atoms with E-state index in [0.29, 0.717) is 5.69 Å². The van der Waals surface area contributed by atoms with Gasteiger partial charge in [-0.3, -0.25) is 4.79 Å². The van der Waals surface area contributed by atoms with Gasteiger partial charge in [-0.15, -0.1) is 0 Å². The molecule has 0 saturated heterocycles. The van der Waals surface area contributed by atoms with E-state index in [1.165, 1.54) is 18.0 Å². The predicted octanol–water partition coefficient (Wildman–Crippen LogP) is 0.764. The van der Waals surface area contributed by atoms with Gasteiger partial charge in [-0.2, -0.15) is 0 Å². The molecule has 1 aromatic heterocycles. The number of carbonyl (C=O) groups excluding carboxylic acids is 2. The summed E-state index contributed by atoms with van der Waals surface area (Å²) in [6.07, 6.45) is 1.96. The number of urea groups is 1. The monoisotopic (exact) mass is 294 g/mol. The molecule has 1 heterocycles. The molecule has 114 valence electrons. The summed E-state index contributed by atoms with van der Waals surface area (Å²) in [4.78, 5) is 38.5. The second-order valence-corrected chi connectivity index (χ2v) is 5.17. The van der Waals surface area contributed by atoms with Crippen molar-refractivity contribution >= 4 is 23.6 Å². The maximum Gasteiger partial charge on any atom is 0.354 e. The summed E-state index contributed by atoms with van der Waals surface area (Å²) >= 11 is 0. The fourth-order valence-electron chi connectivity index (χ4n) is 1.86. The van der Waals surface area contributed by atoms with Crippen LogP contribution in [0, 0.1) is 6.92 Å². The number of aryl methyl sites for hydroxylation is 1. The Labute approximate surface area is 121 Å². The van der Waals surface area contributed by atoms with E-state index in [2.05, 4.69) is 15.6 Å². The molecule has 0 bridgehead atoms. The standard InChI is InChI=1S/C13H18N4O4/c1-7-5-9(11(14-7)12(19)20)16-13(21)17(2)6-10(18)15-8-3-4-8/h5,8,14H,3-4,6H2,1-2H3,(H,15,18)(H,16,21)(H,19,20). The second kappa shape index (κ2) is 5.86. The number of nitrogens with one attached hydrogen (secondary N) is 3. The summed E-state index contributed by atoms with van der Waals surface area (Å²) in [6.45, 7) is 1.61. The summed E-state index contributed by atoms with van der Waals surface area (Å²) in [5.74, 6) is -1.38. The molecule has 1 aromatic rings. The highest BCUT2D eigenvalue weighted by Gasteiger charge is 2.24. The second-order valence-electron chi connectivity index (χ2n) is 5.17. The average molecular weight is 294 g/mol. The lowest BCUT2D eigenvalue weighted by Crippen LogP contribution is -2.41. The van der Waals surface area contributed by atoms with E-state index in [4.69, 9.17) is 5.11 Å². The minimum atomic E-state index is -1.16. The summed E-state index contributed by atoms with van der Waals surface area (Å²) in [5.41, 5.74) is 0.716. The maximum absolute atomic E-state index is 12.0. The molecule has 1 saturated carbocycles. The summed E-state index contributed by atoms with van der Waals surface area (Å²) in [6, 6.07) is 1.22. The molecule has 1 aliphatic carbocycles. The lowest BCUT2D eigenvalue weighted by atomic mass is 10.3. The first-order valence-corrected chi connectivity index (χ1v) is 6.61. The summed E-state index contributed by atoms with van der Waals surface area (Å²) in [5, 5.41) is 14.3. The van der Waals surface area contributed by atoms with Crippen LogP contribution < -0.4 is 10.6 Å². The Balaban J connectivity index is 1.93. The van der Waals surface area contributed by atoms with Gasteiger partial charge < -0.3 is 25.6 Å². The zero-order chi connectivity index (χ0) is 15.6. The third kappa shape index (κ3) is 3.98. The van der Waals surface area contributed by atoms with E-state index in [-0.39, 0.29) is 29.9 Å². The molecule has 4 N–H and O–H groups in total. The molecule has 0 unspecified atom stereocenters. The van der Waals surface area contributed by atoms with Crippen molar-refractivity contribution in [2.75, 3.05) is 18.9 Å². The molecule has 8 heteroatoms. The van der Waals surface area contributed by atoms with Crippen molar-refractivity contribution in [3.05, 3.63) is 17.5 Å². The minimum Gasteiger partial charge on any atom is -0.477 e. The van der Waals surface area contributed by atoms with Gasteiger partial charge in [0.15, 0.2) is 0 Å². The van der Waals surface area contributed by atoms with Crippen LogP contribution in [-0.2, 0) is 4.79 Å². The van der Waals surface area contributed by atoms with Crippen LogP contribution in [0.4, 0.5) is 10.5 Å². The van der Waals surface area contributed by atoms with Crippen LogP contribution in [0.3, 0.4) is 0 Å². The van der Waals surface area contributed by atoms with Gasteiger partial charge in [-0.25, -0.2) is 9.59 Å². The number of aromatic amines is 1. The van der Waals surface area contributed by atoms with Gasteiger partial charge in [0.1, 0.15) is 12.2 Å². The van der Waals surface area contributed by atoms with E-state index in [1.54, 1.807) is 6.92 Å². The quantitative estimate of drug-likeness (QED) is 0.642. The molecule has 0 spiro atoms. The van der Waals surface area contributed by atoms with Crippen LogP contribution in [0.2, 0.25) is 0 Å². The number of carboxylic acids is 1. The number of carbonyl (C=O) groups is 3. The number of anilines is 1. The molecule has 0 aliphatic heterocycles. The molecule has 0 radical (unpaired) electrons. The predicted molar refractivity (Wildman–Crippen MR) is 75.3 cm³/mol. The maximum atomic E-state index is 12.0. The highest BCUT2D eigenvalue weighted by molar-refractivity contribution is 5.99. The Morgan fingerprint density at radius 1 is 1.43 bits per heavy atom. The van der Waals surface area contributed by atoms with Crippen molar-refractivity contribution in [3.8, 4) is 0 Å². The topological polar surface area (TPSA) is 115 Å². The number of hydrogen-bond donors (Lipinski definition) is 4. The summed E-state index contributed by atoms with van der Waals surface area (Å²) < 4.78 is 0. The van der Waals surface area contributed by atoms with Crippen LogP contribution >= 0.6 is 0 Å². The van der Waals surface area contributed by atoms with Crippen molar-refractivity contribution in [3.63, 3.8) is 0 Å². The van der Waals surface area contributed by atoms with E-state index >= 15 is 0 Å². The first-order valence-electron chi connectivity index (χ1n) is 6.61. The van der Waals surface area contributed by atoms with E-state index in [1.807, 2.05) is 0 Å². The number of aromatic carboxylic acids is 1. The lowest BCUT2D eigenvalue weighted by molar-refractivity contribution is -0.121. The fraction of sp³-hybridized carbons (Fsp3) is 0.462. The molecule has 2 rings (SSSR count). The number of carboxylic acid groups (broad SMARTS) is 1. The number of amides is 3. The number of likely N-dealkylation sites (N-methyl/N-ethyl adjacent to an activating group) is 1. The fourth-order valence-corrected chi connectivity index (χ4v) is 1.86. The third-order valence-corrected chi connectivity index (χ3v) is 3.08. The number of nitrogens with zero attached hydrogens (tertiary/aromatic N) is 1. The van der Waals surface area contributed by atoms with Crippen LogP contribution in [-0.4, -0.2) is 52.5 Å². The van der Waals surface area contributed by atoms with Crippen LogP contribution in [0.1, 0.15) is 29.0 Å². The third-order valence-electron chi connectivity index (χ3n) is 3.08. The molecule has 1 aliphatic rings. The molecular weight excluding hydrogens is 276 g/mol. The van der Waals surface area contributed by atoms with Gasteiger partial charge in [0.2, 0.25) is 5.91 Å². The Hall–Kier alpha value is -2.51. The first kappa shape index (κ1) is 14.9. The van der Waals surface area contributed by atoms with Gasteiger partial charge in [-0.1, -0.05) is 0 Å². The Morgan fingerprint density at radius 3 is 2.67 bits per heavy atom. The van der Waals surface area contributed by atoms with Crippen molar-refractivity contribution in [2.24, 2.45) is 0 Å². The van der Waals surface area contributed by atoms with Gasteiger partial charge in [0.25, 0.3) is 0 Å². The SMILES string of the molecule is Cc1cc(NC(=O)N(C)CC(=O)NC2CC2)c(C(=O)O)[nH]1. The van der Waals surface area contributed by atoms with E-state index in [0.717, 1.165) is 12.8 Å². The molecule has 1 fully saturated rings. The van der Waals surface area contributed by atoms with E-state index < -0.39 is 12.0 Å². The van der Waals surface area contributed by atoms with Crippen molar-refractivity contribution in [2.45, 2.75) is 25.8 Å². The number of H-pyrrole nitrogens is 1.